The number of rotatable bonds is 14. The number of allylic oxidation sites excluding steroid dienone is 1. The third-order valence-electron chi connectivity index (χ3n) is 3.46. The fourth-order valence-electron chi connectivity index (χ4n) is 2.20. The Morgan fingerprint density at radius 2 is 1.60 bits per heavy atom. The van der Waals surface area contributed by atoms with Crippen LogP contribution in [-0.4, -0.2) is 22.3 Å². The average Bonchev–Trinajstić information content (AvgIpc) is 2.41. The second-order valence-corrected chi connectivity index (χ2v) is 5.56. The molecule has 3 nitrogen and oxygen atoms in total. The molecule has 0 fully saturated rings. The summed E-state index contributed by atoms with van der Waals surface area (Å²) in [5.41, 5.74) is 0. The maximum atomic E-state index is 10.3. The number of hydrogen-bond donors (Lipinski definition) is 2. The lowest BCUT2D eigenvalue weighted by atomic mass is 10.0. The fourth-order valence-corrected chi connectivity index (χ4v) is 2.20. The van der Waals surface area contributed by atoms with Crippen LogP contribution in [-0.2, 0) is 4.79 Å². The monoisotopic (exact) mass is 284 g/mol. The van der Waals surface area contributed by atoms with Crippen molar-refractivity contribution in [1.29, 1.82) is 0 Å². The standard InChI is InChI=1S/C17H32O3/c1-2-3-4-10-13-16(18)14-11-8-6-5-7-9-12-15-17(19)20/h4,10,16,18H,2-3,5-9,11-15H2,1H3,(H,19,20). The minimum absolute atomic E-state index is 0.182. The van der Waals surface area contributed by atoms with Crippen LogP contribution in [0.1, 0.15) is 84.0 Å². The Morgan fingerprint density at radius 3 is 2.20 bits per heavy atom. The summed E-state index contributed by atoms with van der Waals surface area (Å²) in [4.78, 5) is 10.3. The van der Waals surface area contributed by atoms with Gasteiger partial charge in [0.1, 0.15) is 0 Å². The number of carboxylic acid groups (broad SMARTS) is 1. The number of aliphatic carboxylic acids is 1. The Bertz CT molecular complexity index is 249. The molecule has 0 bridgehead atoms. The van der Waals surface area contributed by atoms with Crippen molar-refractivity contribution in [2.45, 2.75) is 90.1 Å². The van der Waals surface area contributed by atoms with Crippen molar-refractivity contribution in [2.75, 3.05) is 0 Å². The van der Waals surface area contributed by atoms with Gasteiger partial charge in [0, 0.05) is 6.42 Å². The van der Waals surface area contributed by atoms with Gasteiger partial charge in [0.2, 0.25) is 0 Å². The molecular weight excluding hydrogens is 252 g/mol. The molecule has 1 atom stereocenters. The molecular formula is C17H32O3. The molecule has 0 radical (unpaired) electrons. The van der Waals surface area contributed by atoms with Crippen molar-refractivity contribution in [3.05, 3.63) is 12.2 Å². The van der Waals surface area contributed by atoms with Gasteiger partial charge in [-0.2, -0.15) is 0 Å². The third-order valence-corrected chi connectivity index (χ3v) is 3.46. The molecule has 20 heavy (non-hydrogen) atoms. The summed E-state index contributed by atoms with van der Waals surface area (Å²) in [7, 11) is 0. The first kappa shape index (κ1) is 19.2. The molecule has 0 aliphatic carbocycles. The van der Waals surface area contributed by atoms with Crippen LogP contribution >= 0.6 is 0 Å². The molecule has 0 aliphatic heterocycles. The van der Waals surface area contributed by atoms with Crippen LogP contribution in [0.2, 0.25) is 0 Å². The largest absolute Gasteiger partial charge is 0.481 e. The lowest BCUT2D eigenvalue weighted by Gasteiger charge is -2.07. The molecule has 0 aromatic carbocycles. The van der Waals surface area contributed by atoms with Gasteiger partial charge in [-0.15, -0.1) is 0 Å². The smallest absolute Gasteiger partial charge is 0.303 e. The highest BCUT2D eigenvalue weighted by molar-refractivity contribution is 5.66. The lowest BCUT2D eigenvalue weighted by Crippen LogP contribution is -2.04. The summed E-state index contributed by atoms with van der Waals surface area (Å²) in [5, 5.41) is 18.3. The number of unbranched alkanes of at least 4 members (excludes halogenated alkanes) is 7. The molecule has 118 valence electrons. The van der Waals surface area contributed by atoms with Crippen LogP contribution in [0.15, 0.2) is 12.2 Å². The number of carbonyl (C=O) groups is 1. The fraction of sp³-hybridized carbons (Fsp3) is 0.824. The van der Waals surface area contributed by atoms with E-state index in [0.717, 1.165) is 44.9 Å². The highest BCUT2D eigenvalue weighted by atomic mass is 16.4. The van der Waals surface area contributed by atoms with Crippen molar-refractivity contribution >= 4 is 5.97 Å². The molecule has 0 amide bonds. The zero-order chi connectivity index (χ0) is 15.1. The van der Waals surface area contributed by atoms with Crippen LogP contribution in [0.5, 0.6) is 0 Å². The molecule has 0 aliphatic rings. The van der Waals surface area contributed by atoms with Gasteiger partial charge in [0.25, 0.3) is 0 Å². The lowest BCUT2D eigenvalue weighted by molar-refractivity contribution is -0.137. The molecule has 0 spiro atoms. The van der Waals surface area contributed by atoms with E-state index in [-0.39, 0.29) is 6.10 Å². The van der Waals surface area contributed by atoms with Crippen LogP contribution in [0.4, 0.5) is 0 Å². The van der Waals surface area contributed by atoms with E-state index in [4.69, 9.17) is 5.11 Å². The van der Waals surface area contributed by atoms with E-state index in [0.29, 0.717) is 6.42 Å². The summed E-state index contributed by atoms with van der Waals surface area (Å²) >= 11 is 0. The normalized spacial score (nSPS) is 12.9. The molecule has 0 aromatic rings. The number of aliphatic hydroxyl groups excluding tert-OH is 1. The Kier molecular flexibility index (Phi) is 14.0. The SMILES string of the molecule is CCCC=CCC(O)CCCCCCCCCC(=O)O. The minimum atomic E-state index is -0.688. The van der Waals surface area contributed by atoms with Crippen molar-refractivity contribution < 1.29 is 15.0 Å². The van der Waals surface area contributed by atoms with Gasteiger partial charge >= 0.3 is 5.97 Å². The molecule has 0 saturated heterocycles. The number of hydrogen-bond acceptors (Lipinski definition) is 2. The molecule has 0 saturated carbocycles. The van der Waals surface area contributed by atoms with Crippen molar-refractivity contribution in [3.8, 4) is 0 Å². The quantitative estimate of drug-likeness (QED) is 0.359. The first-order chi connectivity index (χ1) is 9.66. The zero-order valence-corrected chi connectivity index (χ0v) is 13.0. The van der Waals surface area contributed by atoms with Gasteiger partial charge in [0.15, 0.2) is 0 Å². The number of aliphatic hydroxyl groups is 1. The van der Waals surface area contributed by atoms with Crippen molar-refractivity contribution in [1.82, 2.24) is 0 Å². The van der Waals surface area contributed by atoms with E-state index < -0.39 is 5.97 Å². The van der Waals surface area contributed by atoms with Crippen LogP contribution in [0.3, 0.4) is 0 Å². The topological polar surface area (TPSA) is 57.5 Å². The predicted molar refractivity (Wildman–Crippen MR) is 83.9 cm³/mol. The first-order valence-corrected chi connectivity index (χ1v) is 8.21. The molecule has 0 heterocycles. The Morgan fingerprint density at radius 1 is 1.00 bits per heavy atom. The highest BCUT2D eigenvalue weighted by Gasteiger charge is 2.01. The molecule has 2 N–H and O–H groups in total. The highest BCUT2D eigenvalue weighted by Crippen LogP contribution is 2.12. The van der Waals surface area contributed by atoms with E-state index in [9.17, 15) is 9.90 Å². The van der Waals surface area contributed by atoms with Crippen LogP contribution in [0, 0.1) is 0 Å². The Labute approximate surface area is 124 Å². The second kappa shape index (κ2) is 14.6. The first-order valence-electron chi connectivity index (χ1n) is 8.21. The van der Waals surface area contributed by atoms with Gasteiger partial charge in [-0.1, -0.05) is 64.0 Å². The van der Waals surface area contributed by atoms with Gasteiger partial charge in [-0.25, -0.2) is 0 Å². The van der Waals surface area contributed by atoms with Crippen LogP contribution in [0.25, 0.3) is 0 Å². The van der Waals surface area contributed by atoms with Gasteiger partial charge in [-0.3, -0.25) is 4.79 Å². The Hall–Kier alpha value is -0.830. The molecule has 1 unspecified atom stereocenters. The van der Waals surface area contributed by atoms with E-state index in [1.165, 1.54) is 25.7 Å². The molecule has 3 heteroatoms. The maximum Gasteiger partial charge on any atom is 0.303 e. The van der Waals surface area contributed by atoms with Crippen LogP contribution < -0.4 is 0 Å². The summed E-state index contributed by atoms with van der Waals surface area (Å²) in [6.07, 6.45) is 15.9. The third kappa shape index (κ3) is 15.2. The number of carboxylic acids is 1. The van der Waals surface area contributed by atoms with Gasteiger partial charge in [0.05, 0.1) is 6.10 Å². The summed E-state index contributed by atoms with van der Waals surface area (Å²) in [6, 6.07) is 0. The summed E-state index contributed by atoms with van der Waals surface area (Å²) in [6.45, 7) is 2.16. The van der Waals surface area contributed by atoms with Gasteiger partial charge < -0.3 is 10.2 Å². The second-order valence-electron chi connectivity index (χ2n) is 5.56. The molecule has 0 rings (SSSR count). The van der Waals surface area contributed by atoms with E-state index >= 15 is 0 Å². The summed E-state index contributed by atoms with van der Waals surface area (Å²) < 4.78 is 0. The predicted octanol–water partition coefficient (Wildman–Crippen LogP) is 4.69. The average molecular weight is 284 g/mol. The molecule has 0 aromatic heterocycles. The Balaban J connectivity index is 3.20. The van der Waals surface area contributed by atoms with E-state index in [2.05, 4.69) is 19.1 Å². The van der Waals surface area contributed by atoms with E-state index in [1.807, 2.05) is 0 Å². The summed E-state index contributed by atoms with van der Waals surface area (Å²) in [5.74, 6) is -0.688. The maximum absolute atomic E-state index is 10.3. The van der Waals surface area contributed by atoms with Gasteiger partial charge in [-0.05, 0) is 25.7 Å². The van der Waals surface area contributed by atoms with Crippen molar-refractivity contribution in [2.24, 2.45) is 0 Å². The van der Waals surface area contributed by atoms with Crippen molar-refractivity contribution in [3.63, 3.8) is 0 Å². The van der Waals surface area contributed by atoms with E-state index in [1.54, 1.807) is 0 Å². The minimum Gasteiger partial charge on any atom is -0.481 e. The zero-order valence-electron chi connectivity index (χ0n) is 13.0.